The number of hydrogen-bond acceptors (Lipinski definition) is 2. The number of alkyl halides is 2. The fourth-order valence-electron chi connectivity index (χ4n) is 2.08. The second kappa shape index (κ2) is 7.72. The van der Waals surface area contributed by atoms with E-state index < -0.39 is 14.5 Å². The minimum Gasteiger partial charge on any atom is -0.493 e. The molecule has 0 saturated carbocycles. The summed E-state index contributed by atoms with van der Waals surface area (Å²) in [7, 11) is -1.13. The van der Waals surface area contributed by atoms with Crippen molar-refractivity contribution in [3.63, 3.8) is 0 Å². The topological polar surface area (TPSA) is 47.6 Å². The molecule has 0 aromatic heterocycles. The molecule has 0 amide bonds. The van der Waals surface area contributed by atoms with E-state index >= 15 is 0 Å². The zero-order chi connectivity index (χ0) is 16.9. The molecule has 0 heterocycles. The molecule has 0 bridgehead atoms. The van der Waals surface area contributed by atoms with E-state index in [0.29, 0.717) is 18.1 Å². The number of aliphatic imine (C=N–C) groups is 1. The lowest BCUT2D eigenvalue weighted by Gasteiger charge is -2.17. The Morgan fingerprint density at radius 1 is 1.32 bits per heavy atom. The van der Waals surface area contributed by atoms with Gasteiger partial charge in [-0.05, 0) is 38.0 Å². The highest BCUT2D eigenvalue weighted by atomic mass is 28.3. The van der Waals surface area contributed by atoms with Gasteiger partial charge >= 0.3 is 0 Å². The number of ether oxygens (including phenoxy) is 1. The molecule has 0 aliphatic carbocycles. The van der Waals surface area contributed by atoms with Crippen LogP contribution in [-0.2, 0) is 0 Å². The van der Waals surface area contributed by atoms with Crippen LogP contribution in [-0.4, -0.2) is 20.5 Å². The molecule has 0 spiro atoms. The van der Waals surface area contributed by atoms with Gasteiger partial charge in [-0.1, -0.05) is 25.7 Å². The summed E-state index contributed by atoms with van der Waals surface area (Å²) in [6, 6.07) is 4.10. The molecule has 1 rings (SSSR count). The summed E-state index contributed by atoms with van der Waals surface area (Å²) in [5.74, 6) is 0.587. The number of halogens is 2. The summed E-state index contributed by atoms with van der Waals surface area (Å²) in [5, 5.41) is 0. The number of rotatable bonds is 7. The molecule has 22 heavy (non-hydrogen) atoms. The van der Waals surface area contributed by atoms with E-state index in [1.807, 2.05) is 6.92 Å². The van der Waals surface area contributed by atoms with Crippen molar-refractivity contribution in [3.05, 3.63) is 23.3 Å². The lowest BCUT2D eigenvalue weighted by atomic mass is 10.1. The van der Waals surface area contributed by atoms with Gasteiger partial charge in [-0.2, -0.15) is 0 Å². The van der Waals surface area contributed by atoms with Crippen molar-refractivity contribution >= 4 is 19.6 Å². The van der Waals surface area contributed by atoms with Crippen LogP contribution < -0.4 is 10.5 Å². The minimum atomic E-state index is -2.60. The van der Waals surface area contributed by atoms with Crippen LogP contribution in [0.4, 0.5) is 14.5 Å². The van der Waals surface area contributed by atoms with Crippen LogP contribution in [0, 0.1) is 6.92 Å². The van der Waals surface area contributed by atoms with Crippen LogP contribution in [0.5, 0.6) is 5.75 Å². The fraction of sp³-hybridized carbons (Fsp3) is 0.562. The van der Waals surface area contributed by atoms with Gasteiger partial charge in [0.05, 0.1) is 23.7 Å². The number of nitrogens with two attached hydrogens (primary N) is 1. The van der Waals surface area contributed by atoms with E-state index in [-0.39, 0.29) is 11.3 Å². The van der Waals surface area contributed by atoms with Gasteiger partial charge in [-0.3, -0.25) is 0 Å². The van der Waals surface area contributed by atoms with E-state index in [9.17, 15) is 8.78 Å². The number of amidine groups is 1. The van der Waals surface area contributed by atoms with Crippen molar-refractivity contribution in [2.24, 2.45) is 10.7 Å². The molecule has 0 saturated heterocycles. The van der Waals surface area contributed by atoms with Gasteiger partial charge in [-0.15, -0.1) is 0 Å². The molecule has 0 unspecified atom stereocenters. The number of benzene rings is 1. The molecule has 1 aromatic rings. The van der Waals surface area contributed by atoms with Crippen LogP contribution in [0.15, 0.2) is 17.1 Å². The van der Waals surface area contributed by atoms with E-state index in [0.717, 1.165) is 18.0 Å². The quantitative estimate of drug-likeness (QED) is 0.329. The smallest absolute Gasteiger partial charge is 0.267 e. The first-order valence-electron chi connectivity index (χ1n) is 7.46. The second-order valence-corrected chi connectivity index (χ2v) is 12.4. The first-order valence-corrected chi connectivity index (χ1v) is 11.2. The zero-order valence-electron chi connectivity index (χ0n) is 14.0. The number of aryl methyl sites for hydroxylation is 1. The molecule has 0 aliphatic rings. The summed E-state index contributed by atoms with van der Waals surface area (Å²) in [6.45, 7) is 10.7. The van der Waals surface area contributed by atoms with Gasteiger partial charge in [-0.25, -0.2) is 13.8 Å². The molecule has 3 nitrogen and oxygen atoms in total. The third-order valence-corrected chi connectivity index (χ3v) is 5.04. The first kappa shape index (κ1) is 18.6. The maximum Gasteiger partial charge on any atom is 0.267 e. The molecular weight excluding hydrogens is 302 g/mol. The predicted molar refractivity (Wildman–Crippen MR) is 91.4 cm³/mol. The summed E-state index contributed by atoms with van der Waals surface area (Å²) in [4.78, 5) is 4.08. The maximum absolute atomic E-state index is 13.2. The largest absolute Gasteiger partial charge is 0.493 e. The molecule has 0 radical (unpaired) electrons. The fourth-order valence-corrected chi connectivity index (χ4v) is 3.28. The average molecular weight is 328 g/mol. The van der Waals surface area contributed by atoms with Gasteiger partial charge in [0, 0.05) is 8.07 Å². The van der Waals surface area contributed by atoms with E-state index in [1.54, 1.807) is 13.0 Å². The molecule has 6 heteroatoms. The Morgan fingerprint density at radius 3 is 2.45 bits per heavy atom. The van der Waals surface area contributed by atoms with Gasteiger partial charge in [0.1, 0.15) is 5.75 Å². The van der Waals surface area contributed by atoms with Crippen LogP contribution in [0.2, 0.25) is 25.7 Å². The first-order chi connectivity index (χ1) is 10.1. The number of hydrogen-bond donors (Lipinski definition) is 1. The van der Waals surface area contributed by atoms with Crippen LogP contribution in [0.1, 0.15) is 30.9 Å². The third-order valence-electron chi connectivity index (χ3n) is 3.19. The minimum absolute atomic E-state index is 0.126. The standard InChI is InChI=1S/C16H26F2N2OSi/c1-11-9-15(21-7-6-8-22(3,4)5)13(16(17)18)10-14(11)20-12(2)19/h9-10,16H,6-8H2,1-5H3,(H2,19,20). The third kappa shape index (κ3) is 6.13. The van der Waals surface area contributed by atoms with Crippen molar-refractivity contribution in [2.45, 2.75) is 52.4 Å². The highest BCUT2D eigenvalue weighted by molar-refractivity contribution is 6.76. The van der Waals surface area contributed by atoms with Crippen molar-refractivity contribution in [2.75, 3.05) is 6.61 Å². The average Bonchev–Trinajstić information content (AvgIpc) is 2.35. The summed E-state index contributed by atoms with van der Waals surface area (Å²) < 4.78 is 32.0. The Labute approximate surface area is 132 Å². The lowest BCUT2D eigenvalue weighted by Crippen LogP contribution is -2.20. The predicted octanol–water partition coefficient (Wildman–Crippen LogP) is 5.05. The van der Waals surface area contributed by atoms with E-state index in [1.165, 1.54) is 6.07 Å². The maximum atomic E-state index is 13.2. The van der Waals surface area contributed by atoms with Gasteiger partial charge in [0.15, 0.2) is 0 Å². The Kier molecular flexibility index (Phi) is 6.53. The summed E-state index contributed by atoms with van der Waals surface area (Å²) in [5.41, 5.74) is 6.64. The molecule has 1 aromatic carbocycles. The number of nitrogens with zero attached hydrogens (tertiary/aromatic N) is 1. The Morgan fingerprint density at radius 2 is 1.95 bits per heavy atom. The van der Waals surface area contributed by atoms with Crippen molar-refractivity contribution in [3.8, 4) is 5.75 Å². The van der Waals surface area contributed by atoms with Gasteiger partial charge in [0.25, 0.3) is 6.43 Å². The highest BCUT2D eigenvalue weighted by Gasteiger charge is 2.18. The van der Waals surface area contributed by atoms with Gasteiger partial charge < -0.3 is 10.5 Å². The van der Waals surface area contributed by atoms with Crippen molar-refractivity contribution < 1.29 is 13.5 Å². The van der Waals surface area contributed by atoms with Crippen molar-refractivity contribution in [1.29, 1.82) is 0 Å². The molecule has 0 fully saturated rings. The SMILES string of the molecule is CC(N)=Nc1cc(C(F)F)c(OCCC[Si](C)(C)C)cc1C. The summed E-state index contributed by atoms with van der Waals surface area (Å²) in [6.07, 6.45) is -1.71. The Bertz CT molecular complexity index is 536. The van der Waals surface area contributed by atoms with Crippen LogP contribution in [0.25, 0.3) is 0 Å². The monoisotopic (exact) mass is 328 g/mol. The summed E-state index contributed by atoms with van der Waals surface area (Å²) >= 11 is 0. The normalized spacial score (nSPS) is 12.8. The van der Waals surface area contributed by atoms with Gasteiger partial charge in [0.2, 0.25) is 0 Å². The van der Waals surface area contributed by atoms with E-state index in [4.69, 9.17) is 10.5 Å². The molecular formula is C16H26F2N2OSi. The molecule has 2 N–H and O–H groups in total. The van der Waals surface area contributed by atoms with Crippen LogP contribution >= 0.6 is 0 Å². The molecule has 124 valence electrons. The Hall–Kier alpha value is -1.43. The second-order valence-electron chi connectivity index (χ2n) is 6.74. The van der Waals surface area contributed by atoms with Crippen LogP contribution in [0.3, 0.4) is 0 Å². The zero-order valence-corrected chi connectivity index (χ0v) is 15.0. The lowest BCUT2D eigenvalue weighted by molar-refractivity contribution is 0.145. The Balaban J connectivity index is 2.90. The van der Waals surface area contributed by atoms with Crippen molar-refractivity contribution in [1.82, 2.24) is 0 Å². The van der Waals surface area contributed by atoms with E-state index in [2.05, 4.69) is 24.6 Å². The molecule has 0 atom stereocenters. The molecule has 0 aliphatic heterocycles. The highest BCUT2D eigenvalue weighted by Crippen LogP contribution is 2.35.